The average Bonchev–Trinajstić information content (AvgIpc) is 3.48. The fraction of sp³-hybridized carbons (Fsp3) is 0.250. The Balaban J connectivity index is 1.24. The quantitative estimate of drug-likeness (QED) is 0.0956. The van der Waals surface area contributed by atoms with Gasteiger partial charge >= 0.3 is 18.0 Å². The van der Waals surface area contributed by atoms with Gasteiger partial charge in [-0.25, -0.2) is 4.79 Å². The largest absolute Gasteiger partial charge is 0.444 e. The number of carbonyl (C=O) groups excluding carboxylic acids is 3. The van der Waals surface area contributed by atoms with E-state index >= 15 is 0 Å². The highest BCUT2D eigenvalue weighted by Gasteiger charge is 2.23. The topological polar surface area (TPSA) is 141 Å². The van der Waals surface area contributed by atoms with E-state index in [9.17, 15) is 14.4 Å². The van der Waals surface area contributed by atoms with Crippen LogP contribution in [0.5, 0.6) is 0 Å². The number of alkyl carbamates (subject to hydrolysis) is 1. The van der Waals surface area contributed by atoms with E-state index in [1.54, 1.807) is 32.9 Å². The molecule has 0 radical (unpaired) electrons. The lowest BCUT2D eigenvalue weighted by molar-refractivity contribution is -0.173. The van der Waals surface area contributed by atoms with Gasteiger partial charge in [-0.2, -0.15) is 0 Å². The van der Waals surface area contributed by atoms with Crippen LogP contribution in [0.2, 0.25) is 0 Å². The summed E-state index contributed by atoms with van der Waals surface area (Å²) >= 11 is 1.39. The molecule has 10 nitrogen and oxygen atoms in total. The normalized spacial score (nSPS) is 11.0. The van der Waals surface area contributed by atoms with Crippen LogP contribution < -0.4 is 5.32 Å². The van der Waals surface area contributed by atoms with Crippen molar-refractivity contribution in [2.45, 2.75) is 40.2 Å². The van der Waals surface area contributed by atoms with E-state index in [1.807, 2.05) is 66.7 Å². The highest BCUT2D eigenvalue weighted by atomic mass is 32.1. The maximum atomic E-state index is 12.1. The van der Waals surface area contributed by atoms with Gasteiger partial charge in [0.1, 0.15) is 22.5 Å². The third kappa shape index (κ3) is 9.30. The number of nitrogens with zero attached hydrogens (tertiary/aromatic N) is 2. The molecule has 222 valence electrons. The Labute approximate surface area is 253 Å². The van der Waals surface area contributed by atoms with E-state index in [0.29, 0.717) is 17.0 Å². The lowest BCUT2D eigenvalue weighted by atomic mass is 9.98. The molecule has 1 amide bonds. The van der Waals surface area contributed by atoms with Crippen LogP contribution in [0.15, 0.2) is 78.9 Å². The molecule has 0 saturated heterocycles. The number of nitrogens with one attached hydrogen (secondary N) is 2. The van der Waals surface area contributed by atoms with Crippen LogP contribution in [-0.4, -0.2) is 40.9 Å². The number of hydrogen-bond donors (Lipinski definition) is 2. The Hall–Kier alpha value is -4.90. The van der Waals surface area contributed by atoms with Crippen LogP contribution in [0.3, 0.4) is 0 Å². The molecule has 4 rings (SSSR count). The van der Waals surface area contributed by atoms with Gasteiger partial charge in [0.05, 0.1) is 11.8 Å². The second kappa shape index (κ2) is 14.3. The van der Waals surface area contributed by atoms with Gasteiger partial charge in [-0.05, 0) is 37.5 Å². The summed E-state index contributed by atoms with van der Waals surface area (Å²) in [6.45, 7) is 4.88. The fourth-order valence-corrected chi connectivity index (χ4v) is 4.53. The summed E-state index contributed by atoms with van der Waals surface area (Å²) in [5.41, 5.74) is 3.55. The molecule has 4 aromatic rings. The molecular formula is C32H32N4O6S. The SMILES string of the molecule is CC(C)(C)C(=O)OCOC(=O)CCc1nnc(-c2ccc(-c3ccc(C(=N)NC(=O)OCc4ccccc4)cc3)cc2)s1. The van der Waals surface area contributed by atoms with Crippen molar-refractivity contribution < 1.29 is 28.6 Å². The minimum absolute atomic E-state index is 0.0516. The van der Waals surface area contributed by atoms with Crippen molar-refractivity contribution in [2.24, 2.45) is 5.41 Å². The molecule has 1 aromatic heterocycles. The summed E-state index contributed by atoms with van der Waals surface area (Å²) in [5.74, 6) is -0.976. The van der Waals surface area contributed by atoms with Crippen molar-refractivity contribution in [2.75, 3.05) is 6.79 Å². The number of rotatable bonds is 10. The van der Waals surface area contributed by atoms with Crippen molar-refractivity contribution in [1.29, 1.82) is 5.41 Å². The second-order valence-electron chi connectivity index (χ2n) is 10.5. The van der Waals surface area contributed by atoms with Gasteiger partial charge in [0.2, 0.25) is 6.79 Å². The molecule has 0 unspecified atom stereocenters. The van der Waals surface area contributed by atoms with E-state index < -0.39 is 30.2 Å². The van der Waals surface area contributed by atoms with Crippen molar-refractivity contribution in [3.63, 3.8) is 0 Å². The molecular weight excluding hydrogens is 568 g/mol. The Bertz CT molecular complexity index is 1560. The first-order valence-electron chi connectivity index (χ1n) is 13.5. The van der Waals surface area contributed by atoms with Crippen LogP contribution in [0, 0.1) is 10.8 Å². The van der Waals surface area contributed by atoms with Gasteiger partial charge in [-0.15, -0.1) is 10.2 Å². The molecule has 2 N–H and O–H groups in total. The van der Waals surface area contributed by atoms with Crippen molar-refractivity contribution in [3.8, 4) is 21.7 Å². The number of amides is 1. The van der Waals surface area contributed by atoms with Crippen LogP contribution in [0.1, 0.15) is 43.3 Å². The molecule has 0 aliphatic heterocycles. The Morgan fingerprint density at radius 2 is 1.44 bits per heavy atom. The van der Waals surface area contributed by atoms with Gasteiger partial charge in [0.25, 0.3) is 0 Å². The molecule has 11 heteroatoms. The standard InChI is InChI=1S/C32H32N4O6S/c1-32(2,3)30(38)42-20-41-27(37)18-17-26-35-36-29(43-26)25-15-11-23(12-16-25)22-9-13-24(14-10-22)28(33)34-31(39)40-19-21-7-5-4-6-8-21/h4-16H,17-20H2,1-3H3,(H2,33,34,39). The van der Waals surface area contributed by atoms with E-state index in [0.717, 1.165) is 27.3 Å². The minimum Gasteiger partial charge on any atom is -0.444 e. The second-order valence-corrected chi connectivity index (χ2v) is 11.6. The number of amidine groups is 1. The summed E-state index contributed by atoms with van der Waals surface area (Å²) in [5, 5.41) is 20.5. The Morgan fingerprint density at radius 3 is 2.09 bits per heavy atom. The molecule has 0 saturated carbocycles. The van der Waals surface area contributed by atoms with Crippen LogP contribution in [-0.2, 0) is 36.8 Å². The van der Waals surface area contributed by atoms with E-state index in [1.165, 1.54) is 11.3 Å². The monoisotopic (exact) mass is 600 g/mol. The molecule has 0 bridgehead atoms. The maximum absolute atomic E-state index is 12.1. The summed E-state index contributed by atoms with van der Waals surface area (Å²) in [7, 11) is 0. The van der Waals surface area contributed by atoms with E-state index in [2.05, 4.69) is 15.5 Å². The predicted octanol–water partition coefficient (Wildman–Crippen LogP) is 6.15. The molecule has 0 atom stereocenters. The molecule has 3 aromatic carbocycles. The third-order valence-corrected chi connectivity index (χ3v) is 7.14. The Kier molecular flexibility index (Phi) is 10.3. The zero-order chi connectivity index (χ0) is 30.8. The van der Waals surface area contributed by atoms with Gasteiger partial charge in [-0.3, -0.25) is 20.3 Å². The van der Waals surface area contributed by atoms with E-state index in [-0.39, 0.29) is 18.9 Å². The minimum atomic E-state index is -0.688. The van der Waals surface area contributed by atoms with Crippen LogP contribution in [0.4, 0.5) is 4.79 Å². The summed E-state index contributed by atoms with van der Waals surface area (Å²) < 4.78 is 15.1. The number of hydrogen-bond acceptors (Lipinski definition) is 10. The molecule has 0 aliphatic rings. The highest BCUT2D eigenvalue weighted by Crippen LogP contribution is 2.28. The number of aromatic nitrogens is 2. The lowest BCUT2D eigenvalue weighted by Gasteiger charge is -2.16. The number of ether oxygens (including phenoxy) is 3. The molecule has 0 aliphatic carbocycles. The molecule has 0 fully saturated rings. The molecule has 43 heavy (non-hydrogen) atoms. The third-order valence-electron chi connectivity index (χ3n) is 6.11. The first-order valence-corrected chi connectivity index (χ1v) is 14.3. The predicted molar refractivity (Wildman–Crippen MR) is 162 cm³/mol. The number of carbonyl (C=O) groups is 3. The summed E-state index contributed by atoms with van der Waals surface area (Å²) in [4.78, 5) is 35.8. The summed E-state index contributed by atoms with van der Waals surface area (Å²) in [6.07, 6.45) is -0.228. The number of benzene rings is 3. The zero-order valence-electron chi connectivity index (χ0n) is 24.1. The smallest absolute Gasteiger partial charge is 0.413 e. The van der Waals surface area contributed by atoms with Crippen LogP contribution in [0.25, 0.3) is 21.7 Å². The Morgan fingerprint density at radius 1 is 0.814 bits per heavy atom. The fourth-order valence-electron chi connectivity index (χ4n) is 3.69. The molecule has 1 heterocycles. The first kappa shape index (κ1) is 31.0. The van der Waals surface area contributed by atoms with Crippen molar-refractivity contribution in [1.82, 2.24) is 15.5 Å². The summed E-state index contributed by atoms with van der Waals surface area (Å²) in [6, 6.07) is 24.4. The first-order chi connectivity index (χ1) is 20.6. The van der Waals surface area contributed by atoms with Gasteiger partial charge in [-0.1, -0.05) is 90.2 Å². The van der Waals surface area contributed by atoms with Crippen LogP contribution >= 0.6 is 11.3 Å². The lowest BCUT2D eigenvalue weighted by Crippen LogP contribution is -2.30. The van der Waals surface area contributed by atoms with Gasteiger partial charge in [0, 0.05) is 17.5 Å². The van der Waals surface area contributed by atoms with E-state index in [4.69, 9.17) is 19.6 Å². The van der Waals surface area contributed by atoms with Crippen molar-refractivity contribution in [3.05, 3.63) is 95.0 Å². The highest BCUT2D eigenvalue weighted by molar-refractivity contribution is 7.14. The van der Waals surface area contributed by atoms with Crippen molar-refractivity contribution >= 4 is 35.2 Å². The van der Waals surface area contributed by atoms with Gasteiger partial charge < -0.3 is 14.2 Å². The zero-order valence-corrected chi connectivity index (χ0v) is 24.9. The number of aryl methyl sites for hydroxylation is 1. The maximum Gasteiger partial charge on any atom is 0.413 e. The molecule has 0 spiro atoms. The van der Waals surface area contributed by atoms with Gasteiger partial charge in [0.15, 0.2) is 0 Å². The average molecular weight is 601 g/mol. The number of esters is 2.